The summed E-state index contributed by atoms with van der Waals surface area (Å²) in [5, 5.41) is 0. The second kappa shape index (κ2) is 7.14. The highest BCUT2D eigenvalue weighted by atomic mass is 19.3. The number of halogens is 2. The van der Waals surface area contributed by atoms with E-state index in [1.165, 1.54) is 0 Å². The number of benzene rings is 1. The first-order valence-electron chi connectivity index (χ1n) is 6.28. The topological polar surface area (TPSA) is 9.23 Å². The Morgan fingerprint density at radius 1 is 1.33 bits per heavy atom. The summed E-state index contributed by atoms with van der Waals surface area (Å²) in [6.45, 7) is 5.04. The number of rotatable bonds is 7. The number of aryl methyl sites for hydroxylation is 1. The summed E-state index contributed by atoms with van der Waals surface area (Å²) in [5.74, 6) is 0.369. The molecule has 0 bridgehead atoms. The van der Waals surface area contributed by atoms with E-state index in [0.29, 0.717) is 0 Å². The summed E-state index contributed by atoms with van der Waals surface area (Å²) in [6, 6.07) is 5.40. The molecule has 1 aromatic carbocycles. The van der Waals surface area contributed by atoms with Crippen molar-refractivity contribution >= 4 is 0 Å². The fraction of sp³-hybridized carbons (Fsp3) is 0.467. The molecule has 1 aromatic rings. The largest absolute Gasteiger partial charge is 0.435 e. The van der Waals surface area contributed by atoms with Gasteiger partial charge in [-0.15, -0.1) is 6.58 Å². The zero-order valence-electron chi connectivity index (χ0n) is 11.0. The number of unbranched alkanes of at least 4 members (excludes halogenated alkanes) is 1. The highest BCUT2D eigenvalue weighted by molar-refractivity contribution is 5.37. The van der Waals surface area contributed by atoms with E-state index in [0.717, 1.165) is 30.4 Å². The molecule has 0 radical (unpaired) electrons. The van der Waals surface area contributed by atoms with Gasteiger partial charge in [0.05, 0.1) is 0 Å². The first-order chi connectivity index (χ1) is 8.56. The fourth-order valence-electron chi connectivity index (χ4n) is 1.78. The van der Waals surface area contributed by atoms with E-state index in [4.69, 9.17) is 0 Å². The van der Waals surface area contributed by atoms with Crippen molar-refractivity contribution in [3.05, 3.63) is 42.0 Å². The third kappa shape index (κ3) is 4.47. The van der Waals surface area contributed by atoms with Crippen LogP contribution in [-0.4, -0.2) is 6.61 Å². The standard InChI is InChI=1S/C15H20F2O/c1-4-6-7-12-8-13(11(3)5-2)10-14(9-12)18-15(16)17/h5,8-11,15H,2,4,6-7H2,1,3H3. The molecule has 100 valence electrons. The summed E-state index contributed by atoms with van der Waals surface area (Å²) < 4.78 is 29.1. The molecule has 0 N–H and O–H groups in total. The zero-order chi connectivity index (χ0) is 13.5. The summed E-state index contributed by atoms with van der Waals surface area (Å²) in [4.78, 5) is 0. The maximum absolute atomic E-state index is 12.3. The van der Waals surface area contributed by atoms with E-state index >= 15 is 0 Å². The van der Waals surface area contributed by atoms with Crippen molar-refractivity contribution in [2.24, 2.45) is 0 Å². The summed E-state index contributed by atoms with van der Waals surface area (Å²) in [6.07, 6.45) is 4.80. The van der Waals surface area contributed by atoms with Gasteiger partial charge in [-0.25, -0.2) is 0 Å². The molecule has 18 heavy (non-hydrogen) atoms. The quantitative estimate of drug-likeness (QED) is 0.627. The van der Waals surface area contributed by atoms with Crippen LogP contribution in [0.5, 0.6) is 5.75 Å². The van der Waals surface area contributed by atoms with Crippen LogP contribution in [0.3, 0.4) is 0 Å². The highest BCUT2D eigenvalue weighted by Gasteiger charge is 2.09. The average molecular weight is 254 g/mol. The van der Waals surface area contributed by atoms with E-state index in [2.05, 4.69) is 18.2 Å². The number of ether oxygens (including phenoxy) is 1. The first kappa shape index (κ1) is 14.7. The second-order valence-electron chi connectivity index (χ2n) is 4.42. The number of allylic oxidation sites excluding steroid dienone is 1. The Labute approximate surface area is 107 Å². The molecule has 0 aliphatic carbocycles. The molecule has 3 heteroatoms. The molecule has 0 aromatic heterocycles. The third-order valence-electron chi connectivity index (χ3n) is 2.91. The van der Waals surface area contributed by atoms with Gasteiger partial charge in [-0.2, -0.15) is 8.78 Å². The monoisotopic (exact) mass is 254 g/mol. The van der Waals surface area contributed by atoms with Crippen LogP contribution in [0.15, 0.2) is 30.9 Å². The van der Waals surface area contributed by atoms with Crippen molar-refractivity contribution in [3.63, 3.8) is 0 Å². The minimum Gasteiger partial charge on any atom is -0.435 e. The lowest BCUT2D eigenvalue weighted by Crippen LogP contribution is -2.03. The van der Waals surface area contributed by atoms with Gasteiger partial charge in [-0.05, 0) is 42.0 Å². The maximum atomic E-state index is 12.3. The van der Waals surface area contributed by atoms with Crippen LogP contribution in [0, 0.1) is 0 Å². The van der Waals surface area contributed by atoms with Crippen LogP contribution in [0.1, 0.15) is 43.7 Å². The van der Waals surface area contributed by atoms with E-state index in [1.807, 2.05) is 13.0 Å². The van der Waals surface area contributed by atoms with Gasteiger partial charge >= 0.3 is 6.61 Å². The number of hydrogen-bond acceptors (Lipinski definition) is 1. The van der Waals surface area contributed by atoms with Crippen molar-refractivity contribution in [1.29, 1.82) is 0 Å². The molecule has 0 spiro atoms. The molecule has 0 amide bonds. The lowest BCUT2D eigenvalue weighted by atomic mass is 9.97. The normalized spacial score (nSPS) is 12.5. The zero-order valence-corrected chi connectivity index (χ0v) is 11.0. The summed E-state index contributed by atoms with van der Waals surface area (Å²) in [5.41, 5.74) is 2.01. The van der Waals surface area contributed by atoms with Gasteiger partial charge in [0.25, 0.3) is 0 Å². The molecule has 1 unspecified atom stereocenters. The minimum atomic E-state index is -2.78. The van der Waals surface area contributed by atoms with Crippen LogP contribution in [0.4, 0.5) is 8.78 Å². The lowest BCUT2D eigenvalue weighted by Gasteiger charge is -2.13. The van der Waals surface area contributed by atoms with Crippen molar-refractivity contribution in [3.8, 4) is 5.75 Å². The maximum Gasteiger partial charge on any atom is 0.387 e. The highest BCUT2D eigenvalue weighted by Crippen LogP contribution is 2.26. The summed E-state index contributed by atoms with van der Waals surface area (Å²) >= 11 is 0. The molecule has 0 aliphatic rings. The SMILES string of the molecule is C=CC(C)c1cc(CCCC)cc(OC(F)F)c1. The third-order valence-corrected chi connectivity index (χ3v) is 2.91. The van der Waals surface area contributed by atoms with Gasteiger partial charge < -0.3 is 4.74 Å². The van der Waals surface area contributed by atoms with E-state index < -0.39 is 6.61 Å². The van der Waals surface area contributed by atoms with Crippen LogP contribution >= 0.6 is 0 Å². The Kier molecular flexibility index (Phi) is 5.83. The summed E-state index contributed by atoms with van der Waals surface area (Å²) in [7, 11) is 0. The van der Waals surface area contributed by atoms with Crippen molar-refractivity contribution < 1.29 is 13.5 Å². The molecule has 0 fully saturated rings. The Balaban J connectivity index is 2.99. The van der Waals surface area contributed by atoms with Crippen LogP contribution in [0.25, 0.3) is 0 Å². The molecule has 0 heterocycles. The Morgan fingerprint density at radius 2 is 2.06 bits per heavy atom. The van der Waals surface area contributed by atoms with Gasteiger partial charge in [-0.3, -0.25) is 0 Å². The molecular formula is C15H20F2O. The van der Waals surface area contributed by atoms with E-state index in [1.54, 1.807) is 18.2 Å². The predicted octanol–water partition coefficient (Wildman–Crippen LogP) is 4.92. The molecular weight excluding hydrogens is 234 g/mol. The fourth-order valence-corrected chi connectivity index (χ4v) is 1.78. The Morgan fingerprint density at radius 3 is 2.61 bits per heavy atom. The van der Waals surface area contributed by atoms with Gasteiger partial charge in [0.15, 0.2) is 0 Å². The molecule has 0 aliphatic heterocycles. The van der Waals surface area contributed by atoms with Crippen LogP contribution in [-0.2, 0) is 6.42 Å². The molecule has 1 atom stereocenters. The van der Waals surface area contributed by atoms with E-state index in [9.17, 15) is 8.78 Å². The van der Waals surface area contributed by atoms with Gasteiger partial charge in [-0.1, -0.05) is 32.4 Å². The van der Waals surface area contributed by atoms with Crippen LogP contribution < -0.4 is 4.74 Å². The second-order valence-corrected chi connectivity index (χ2v) is 4.42. The van der Waals surface area contributed by atoms with Gasteiger partial charge in [0, 0.05) is 0 Å². The Hall–Kier alpha value is -1.38. The lowest BCUT2D eigenvalue weighted by molar-refractivity contribution is -0.0499. The average Bonchev–Trinajstić information content (AvgIpc) is 2.34. The van der Waals surface area contributed by atoms with Gasteiger partial charge in [0.2, 0.25) is 0 Å². The number of alkyl halides is 2. The minimum absolute atomic E-state index is 0.131. The predicted molar refractivity (Wildman–Crippen MR) is 70.3 cm³/mol. The first-order valence-corrected chi connectivity index (χ1v) is 6.28. The van der Waals surface area contributed by atoms with E-state index in [-0.39, 0.29) is 11.7 Å². The van der Waals surface area contributed by atoms with Crippen LogP contribution in [0.2, 0.25) is 0 Å². The molecule has 0 saturated heterocycles. The molecule has 0 saturated carbocycles. The van der Waals surface area contributed by atoms with Gasteiger partial charge in [0.1, 0.15) is 5.75 Å². The molecule has 1 nitrogen and oxygen atoms in total. The van der Waals surface area contributed by atoms with Crippen molar-refractivity contribution in [1.82, 2.24) is 0 Å². The number of hydrogen-bond donors (Lipinski definition) is 0. The van der Waals surface area contributed by atoms with Crippen molar-refractivity contribution in [2.45, 2.75) is 45.6 Å². The molecule has 1 rings (SSSR count). The van der Waals surface area contributed by atoms with Crippen molar-refractivity contribution in [2.75, 3.05) is 0 Å². The smallest absolute Gasteiger partial charge is 0.387 e. The Bertz CT molecular complexity index is 388.